The summed E-state index contributed by atoms with van der Waals surface area (Å²) in [5.41, 5.74) is 6.57. The van der Waals surface area contributed by atoms with Gasteiger partial charge in [-0.05, 0) is 31.5 Å². The molecule has 1 amide bonds. The van der Waals surface area contributed by atoms with E-state index in [2.05, 4.69) is 17.1 Å². The molecule has 1 aliphatic carbocycles. The van der Waals surface area contributed by atoms with Gasteiger partial charge in [0.25, 0.3) is 5.91 Å². The molecule has 1 aliphatic rings. The van der Waals surface area contributed by atoms with Crippen molar-refractivity contribution in [2.75, 3.05) is 25.4 Å². The number of amides is 1. The van der Waals surface area contributed by atoms with Gasteiger partial charge in [0.05, 0.1) is 10.6 Å². The number of nitrogens with zero attached hydrogens (tertiary/aromatic N) is 1. The van der Waals surface area contributed by atoms with Gasteiger partial charge in [-0.1, -0.05) is 24.6 Å². The van der Waals surface area contributed by atoms with Crippen LogP contribution in [0, 0.1) is 0 Å². The number of halogens is 1. The van der Waals surface area contributed by atoms with E-state index in [1.165, 1.54) is 12.8 Å². The fraction of sp³-hybridized carbons (Fsp3) is 0.500. The third kappa shape index (κ3) is 3.61. The smallest absolute Gasteiger partial charge is 0.254 e. The van der Waals surface area contributed by atoms with Gasteiger partial charge in [0.15, 0.2) is 0 Å². The van der Waals surface area contributed by atoms with Crippen molar-refractivity contribution in [2.45, 2.75) is 25.8 Å². The number of hydrogen-bond donors (Lipinski definition) is 2. The Hall–Kier alpha value is -1.26. The van der Waals surface area contributed by atoms with Crippen LogP contribution in [0.1, 0.15) is 30.1 Å². The topological polar surface area (TPSA) is 58.4 Å². The van der Waals surface area contributed by atoms with E-state index in [4.69, 9.17) is 17.3 Å². The highest BCUT2D eigenvalue weighted by Crippen LogP contribution is 2.26. The minimum atomic E-state index is -0.199. The van der Waals surface area contributed by atoms with Crippen molar-refractivity contribution in [1.82, 2.24) is 10.2 Å². The van der Waals surface area contributed by atoms with Gasteiger partial charge >= 0.3 is 0 Å². The molecule has 0 saturated heterocycles. The van der Waals surface area contributed by atoms with Crippen LogP contribution in [0.15, 0.2) is 18.2 Å². The van der Waals surface area contributed by atoms with E-state index in [1.807, 2.05) is 0 Å². The van der Waals surface area contributed by atoms with Crippen LogP contribution in [0.2, 0.25) is 5.02 Å². The average molecular weight is 282 g/mol. The maximum absolute atomic E-state index is 12.0. The first-order chi connectivity index (χ1) is 9.13. The Kier molecular flexibility index (Phi) is 4.66. The number of nitrogens with one attached hydrogen (secondary N) is 1. The van der Waals surface area contributed by atoms with Crippen molar-refractivity contribution >= 4 is 23.2 Å². The molecule has 0 aromatic heterocycles. The third-order valence-electron chi connectivity index (χ3n) is 3.43. The number of hydrogen-bond acceptors (Lipinski definition) is 3. The lowest BCUT2D eigenvalue weighted by Gasteiger charge is -2.20. The first kappa shape index (κ1) is 14.2. The Labute approximate surface area is 118 Å². The van der Waals surface area contributed by atoms with E-state index < -0.39 is 0 Å². The molecule has 19 heavy (non-hydrogen) atoms. The molecule has 0 unspecified atom stereocenters. The van der Waals surface area contributed by atoms with Crippen LogP contribution in [-0.2, 0) is 0 Å². The van der Waals surface area contributed by atoms with Crippen LogP contribution >= 0.6 is 11.6 Å². The summed E-state index contributed by atoms with van der Waals surface area (Å²) in [5, 5.41) is 3.28. The zero-order chi connectivity index (χ0) is 13.8. The minimum absolute atomic E-state index is 0.199. The van der Waals surface area contributed by atoms with Crippen molar-refractivity contribution in [2.24, 2.45) is 0 Å². The fourth-order valence-electron chi connectivity index (χ4n) is 2.22. The molecule has 0 radical (unpaired) electrons. The molecule has 0 spiro atoms. The molecule has 104 valence electrons. The fourth-order valence-corrected chi connectivity index (χ4v) is 2.49. The molecule has 0 aliphatic heterocycles. The predicted molar refractivity (Wildman–Crippen MR) is 78.5 cm³/mol. The highest BCUT2D eigenvalue weighted by molar-refractivity contribution is 6.34. The average Bonchev–Trinajstić information content (AvgIpc) is 3.18. The number of rotatable bonds is 6. The summed E-state index contributed by atoms with van der Waals surface area (Å²) in [6.07, 6.45) is 2.55. The van der Waals surface area contributed by atoms with E-state index in [-0.39, 0.29) is 5.91 Å². The Morgan fingerprint density at radius 1 is 1.53 bits per heavy atom. The SMILES string of the molecule is CCN(CCNC(=O)c1c(N)cccc1Cl)C1CC1. The number of nitrogen functional groups attached to an aromatic ring is 1. The molecule has 4 nitrogen and oxygen atoms in total. The number of carbonyl (C=O) groups excluding carboxylic acids is 1. The van der Waals surface area contributed by atoms with E-state index in [9.17, 15) is 4.79 Å². The van der Waals surface area contributed by atoms with Crippen molar-refractivity contribution < 1.29 is 4.79 Å². The largest absolute Gasteiger partial charge is 0.398 e. The zero-order valence-corrected chi connectivity index (χ0v) is 11.9. The summed E-state index contributed by atoms with van der Waals surface area (Å²) in [6.45, 7) is 4.66. The molecule has 0 heterocycles. The first-order valence-electron chi connectivity index (χ1n) is 6.69. The molecular weight excluding hydrogens is 262 g/mol. The molecule has 1 aromatic rings. The highest BCUT2D eigenvalue weighted by Gasteiger charge is 2.27. The Morgan fingerprint density at radius 2 is 2.26 bits per heavy atom. The maximum atomic E-state index is 12.0. The van der Waals surface area contributed by atoms with E-state index in [0.29, 0.717) is 28.9 Å². The third-order valence-corrected chi connectivity index (χ3v) is 3.74. The molecular formula is C14H20ClN3O. The molecule has 3 N–H and O–H groups in total. The number of benzene rings is 1. The van der Waals surface area contributed by atoms with Gasteiger partial charge in [0, 0.05) is 24.8 Å². The standard InChI is InChI=1S/C14H20ClN3O/c1-2-18(10-6-7-10)9-8-17-14(19)13-11(15)4-3-5-12(13)16/h3-5,10H,2,6-9,16H2,1H3,(H,17,19). The molecule has 2 rings (SSSR count). The first-order valence-corrected chi connectivity index (χ1v) is 7.07. The van der Waals surface area contributed by atoms with Gasteiger partial charge in [-0.25, -0.2) is 0 Å². The summed E-state index contributed by atoms with van der Waals surface area (Å²) in [6, 6.07) is 5.81. The lowest BCUT2D eigenvalue weighted by atomic mass is 10.1. The monoisotopic (exact) mass is 281 g/mol. The lowest BCUT2D eigenvalue weighted by Crippen LogP contribution is -2.36. The number of likely N-dealkylation sites (N-methyl/N-ethyl adjacent to an activating group) is 1. The van der Waals surface area contributed by atoms with Gasteiger partial charge in [-0.15, -0.1) is 0 Å². The Morgan fingerprint density at radius 3 is 2.84 bits per heavy atom. The number of nitrogens with two attached hydrogens (primary N) is 1. The molecule has 1 aromatic carbocycles. The second-order valence-corrected chi connectivity index (χ2v) is 5.23. The van der Waals surface area contributed by atoms with E-state index >= 15 is 0 Å². The lowest BCUT2D eigenvalue weighted by molar-refractivity contribution is 0.0949. The summed E-state index contributed by atoms with van der Waals surface area (Å²) in [7, 11) is 0. The summed E-state index contributed by atoms with van der Waals surface area (Å²) < 4.78 is 0. The predicted octanol–water partition coefficient (Wildman–Crippen LogP) is 2.14. The number of carbonyl (C=O) groups is 1. The molecule has 1 saturated carbocycles. The summed E-state index contributed by atoms with van der Waals surface area (Å²) in [4.78, 5) is 14.4. The summed E-state index contributed by atoms with van der Waals surface area (Å²) >= 11 is 6.00. The van der Waals surface area contributed by atoms with Gasteiger partial charge in [-0.3, -0.25) is 9.69 Å². The second kappa shape index (κ2) is 6.26. The van der Waals surface area contributed by atoms with Crippen molar-refractivity contribution in [1.29, 1.82) is 0 Å². The van der Waals surface area contributed by atoms with Crippen LogP contribution in [0.25, 0.3) is 0 Å². The normalized spacial score (nSPS) is 14.7. The van der Waals surface area contributed by atoms with Crippen LogP contribution < -0.4 is 11.1 Å². The van der Waals surface area contributed by atoms with Crippen molar-refractivity contribution in [3.63, 3.8) is 0 Å². The van der Waals surface area contributed by atoms with E-state index in [1.54, 1.807) is 18.2 Å². The van der Waals surface area contributed by atoms with Crippen molar-refractivity contribution in [3.8, 4) is 0 Å². The highest BCUT2D eigenvalue weighted by atomic mass is 35.5. The van der Waals surface area contributed by atoms with Crippen LogP contribution in [0.3, 0.4) is 0 Å². The number of anilines is 1. The van der Waals surface area contributed by atoms with Crippen LogP contribution in [0.5, 0.6) is 0 Å². The van der Waals surface area contributed by atoms with Crippen LogP contribution in [-0.4, -0.2) is 36.5 Å². The van der Waals surface area contributed by atoms with Gasteiger partial charge in [-0.2, -0.15) is 0 Å². The summed E-state index contributed by atoms with van der Waals surface area (Å²) in [5.74, 6) is -0.199. The van der Waals surface area contributed by atoms with E-state index in [0.717, 1.165) is 13.1 Å². The maximum Gasteiger partial charge on any atom is 0.254 e. The molecule has 5 heteroatoms. The Bertz CT molecular complexity index is 440. The Balaban J connectivity index is 1.87. The van der Waals surface area contributed by atoms with Gasteiger partial charge < -0.3 is 11.1 Å². The van der Waals surface area contributed by atoms with Gasteiger partial charge in [0.2, 0.25) is 0 Å². The van der Waals surface area contributed by atoms with Crippen LogP contribution in [0.4, 0.5) is 5.69 Å². The minimum Gasteiger partial charge on any atom is -0.398 e. The van der Waals surface area contributed by atoms with Crippen molar-refractivity contribution in [3.05, 3.63) is 28.8 Å². The van der Waals surface area contributed by atoms with Gasteiger partial charge in [0.1, 0.15) is 0 Å². The zero-order valence-electron chi connectivity index (χ0n) is 11.2. The molecule has 1 fully saturated rings. The molecule has 0 bridgehead atoms. The molecule has 0 atom stereocenters. The second-order valence-electron chi connectivity index (χ2n) is 4.82. The quantitative estimate of drug-likeness (QED) is 0.786.